The number of nitrogens with zero attached hydrogens (tertiary/aromatic N) is 4. The molecule has 2 fully saturated rings. The number of ether oxygens (including phenoxy) is 2. The molecule has 256 valence electrons. The van der Waals surface area contributed by atoms with Crippen molar-refractivity contribution in [1.29, 1.82) is 0 Å². The van der Waals surface area contributed by atoms with Crippen molar-refractivity contribution in [2.24, 2.45) is 5.92 Å². The van der Waals surface area contributed by atoms with E-state index in [0.29, 0.717) is 70.9 Å². The molecule has 0 radical (unpaired) electrons. The summed E-state index contributed by atoms with van der Waals surface area (Å²) < 4.78 is 11.2. The summed E-state index contributed by atoms with van der Waals surface area (Å²) in [6, 6.07) is 12.5. The molecular formula is C35H37Cl2N7O5. The number of anilines is 1. The largest absolute Gasteiger partial charge is 0.496 e. The van der Waals surface area contributed by atoms with Crippen molar-refractivity contribution >= 4 is 40.7 Å². The van der Waals surface area contributed by atoms with E-state index in [1.807, 2.05) is 12.1 Å². The average molecular weight is 707 g/mol. The highest BCUT2D eigenvalue weighted by molar-refractivity contribution is 6.39. The van der Waals surface area contributed by atoms with Crippen LogP contribution in [0, 0.1) is 5.92 Å². The lowest BCUT2D eigenvalue weighted by atomic mass is 10.0. The van der Waals surface area contributed by atoms with Gasteiger partial charge in [0.25, 0.3) is 5.91 Å². The van der Waals surface area contributed by atoms with Crippen molar-refractivity contribution in [1.82, 2.24) is 30.5 Å². The van der Waals surface area contributed by atoms with Gasteiger partial charge in [0, 0.05) is 98.4 Å². The molecule has 2 amide bonds. The lowest BCUT2D eigenvalue weighted by molar-refractivity contribution is -0.119. The Morgan fingerprint density at radius 2 is 1.90 bits per heavy atom. The minimum Gasteiger partial charge on any atom is -0.496 e. The van der Waals surface area contributed by atoms with Crippen LogP contribution in [0.3, 0.4) is 0 Å². The molecule has 3 aromatic heterocycles. The molecule has 4 N–H and O–H groups in total. The number of aliphatic hydroxyl groups is 1. The van der Waals surface area contributed by atoms with Gasteiger partial charge >= 0.3 is 0 Å². The molecular weight excluding hydrogens is 669 g/mol. The molecule has 0 aliphatic carbocycles. The van der Waals surface area contributed by atoms with Crippen molar-refractivity contribution in [3.05, 3.63) is 81.7 Å². The number of benzene rings is 1. The number of aromatic nitrogens is 3. The van der Waals surface area contributed by atoms with Gasteiger partial charge in [-0.1, -0.05) is 41.4 Å². The first-order chi connectivity index (χ1) is 23.8. The lowest BCUT2D eigenvalue weighted by Crippen LogP contribution is -2.47. The first-order valence-electron chi connectivity index (χ1n) is 15.9. The third kappa shape index (κ3) is 7.79. The maximum Gasteiger partial charge on any atom is 0.274 e. The molecule has 14 heteroatoms. The van der Waals surface area contributed by atoms with Crippen LogP contribution in [0.1, 0.15) is 34.5 Å². The van der Waals surface area contributed by atoms with Gasteiger partial charge in [-0.15, -0.1) is 0 Å². The van der Waals surface area contributed by atoms with Crippen LogP contribution in [-0.4, -0.2) is 83.3 Å². The summed E-state index contributed by atoms with van der Waals surface area (Å²) in [5, 5.41) is 19.1. The zero-order chi connectivity index (χ0) is 34.5. The minimum absolute atomic E-state index is 0.0816. The van der Waals surface area contributed by atoms with Crippen molar-refractivity contribution in [2.45, 2.75) is 32.0 Å². The topological polar surface area (TPSA) is 151 Å². The quantitative estimate of drug-likeness (QED) is 0.156. The summed E-state index contributed by atoms with van der Waals surface area (Å²) in [6.07, 6.45) is 4.63. The van der Waals surface area contributed by atoms with Crippen LogP contribution in [-0.2, 0) is 17.9 Å². The van der Waals surface area contributed by atoms with Gasteiger partial charge in [-0.3, -0.25) is 24.5 Å². The van der Waals surface area contributed by atoms with E-state index in [1.165, 1.54) is 0 Å². The van der Waals surface area contributed by atoms with E-state index in [-0.39, 0.29) is 35.2 Å². The van der Waals surface area contributed by atoms with Crippen LogP contribution < -0.4 is 25.4 Å². The Morgan fingerprint density at radius 3 is 2.63 bits per heavy atom. The van der Waals surface area contributed by atoms with E-state index in [2.05, 4.69) is 30.8 Å². The number of carbonyl (C=O) groups excluding carboxylic acids is 2. The zero-order valence-corrected chi connectivity index (χ0v) is 28.6. The molecule has 0 unspecified atom stereocenters. The first kappa shape index (κ1) is 34.5. The molecule has 49 heavy (non-hydrogen) atoms. The fraction of sp³-hybridized carbons (Fsp3) is 0.343. The van der Waals surface area contributed by atoms with Crippen LogP contribution in [0.4, 0.5) is 5.69 Å². The molecule has 6 rings (SSSR count). The number of methoxy groups -OCH3 is 2. The van der Waals surface area contributed by atoms with Gasteiger partial charge in [0.15, 0.2) is 0 Å². The molecule has 2 saturated heterocycles. The minimum atomic E-state index is -0.458. The molecule has 0 saturated carbocycles. The number of nitrogens with one attached hydrogen (secondary N) is 3. The fourth-order valence-corrected chi connectivity index (χ4v) is 6.60. The van der Waals surface area contributed by atoms with Gasteiger partial charge < -0.3 is 30.5 Å². The Hall–Kier alpha value is -4.33. The van der Waals surface area contributed by atoms with Gasteiger partial charge in [0.05, 0.1) is 41.3 Å². The maximum atomic E-state index is 13.3. The third-order valence-corrected chi connectivity index (χ3v) is 9.46. The maximum absolute atomic E-state index is 13.3. The van der Waals surface area contributed by atoms with E-state index in [0.717, 1.165) is 30.6 Å². The van der Waals surface area contributed by atoms with E-state index >= 15 is 0 Å². The smallest absolute Gasteiger partial charge is 0.274 e. The van der Waals surface area contributed by atoms with E-state index in [9.17, 15) is 14.7 Å². The SMILES string of the molecule is COc1cc(C(=O)Nc2cccc(-c3nccc(-c4ccc(CNC[C@@H]5CCC(=O)N5)c(OC)n4)c3Cl)c2Cl)ncc1CN1CC(CO)C1. The summed E-state index contributed by atoms with van der Waals surface area (Å²) in [4.78, 5) is 40.6. The van der Waals surface area contributed by atoms with Crippen LogP contribution >= 0.6 is 23.2 Å². The molecule has 0 bridgehead atoms. The second-order valence-electron chi connectivity index (χ2n) is 12.1. The summed E-state index contributed by atoms with van der Waals surface area (Å²) >= 11 is 13.8. The number of pyridine rings is 3. The van der Waals surface area contributed by atoms with E-state index in [1.54, 1.807) is 56.9 Å². The number of likely N-dealkylation sites (tertiary alicyclic amines) is 1. The summed E-state index contributed by atoms with van der Waals surface area (Å²) in [5.41, 5.74) is 4.40. The van der Waals surface area contributed by atoms with Gasteiger partial charge in [-0.25, -0.2) is 4.98 Å². The van der Waals surface area contributed by atoms with Crippen molar-refractivity contribution in [3.8, 4) is 34.1 Å². The van der Waals surface area contributed by atoms with Gasteiger partial charge in [0.2, 0.25) is 11.8 Å². The van der Waals surface area contributed by atoms with Crippen LogP contribution in [0.25, 0.3) is 22.5 Å². The molecule has 2 aliphatic heterocycles. The Balaban J connectivity index is 1.17. The summed E-state index contributed by atoms with van der Waals surface area (Å²) in [6.45, 7) is 3.56. The number of amides is 2. The van der Waals surface area contributed by atoms with Crippen molar-refractivity contribution in [3.63, 3.8) is 0 Å². The van der Waals surface area contributed by atoms with E-state index in [4.69, 9.17) is 37.7 Å². The monoisotopic (exact) mass is 705 g/mol. The molecule has 4 aromatic rings. The zero-order valence-electron chi connectivity index (χ0n) is 27.1. The molecule has 0 spiro atoms. The molecule has 12 nitrogen and oxygen atoms in total. The number of hydrogen-bond acceptors (Lipinski definition) is 10. The van der Waals surface area contributed by atoms with Gasteiger partial charge in [0.1, 0.15) is 11.4 Å². The predicted molar refractivity (Wildman–Crippen MR) is 187 cm³/mol. The Morgan fingerprint density at radius 1 is 1.06 bits per heavy atom. The molecule has 5 heterocycles. The van der Waals surface area contributed by atoms with Crippen LogP contribution in [0.15, 0.2) is 54.9 Å². The predicted octanol–water partition coefficient (Wildman–Crippen LogP) is 4.57. The standard InChI is InChI=1S/C35H37Cl2N7O5/c1-48-29-12-28(40-14-22(29)18-44-16-20(17-44)19-45)34(47)42-27-5-3-4-25(31(27)36)33-32(37)24(10-11-39-33)26-8-6-21(35(43-26)49-2)13-38-15-23-7-9-30(46)41-23/h3-6,8,10-12,14,20,23,38,45H,7,9,13,15-19H2,1-2H3,(H,41,46)(H,42,47)/t23-/m0/s1. The number of halogens is 2. The third-order valence-electron chi connectivity index (χ3n) is 8.67. The van der Waals surface area contributed by atoms with Crippen LogP contribution in [0.2, 0.25) is 10.0 Å². The molecule has 1 atom stereocenters. The highest BCUT2D eigenvalue weighted by Crippen LogP contribution is 2.40. The van der Waals surface area contributed by atoms with Gasteiger partial charge in [-0.05, 0) is 24.6 Å². The van der Waals surface area contributed by atoms with Crippen LogP contribution in [0.5, 0.6) is 11.6 Å². The summed E-state index contributed by atoms with van der Waals surface area (Å²) in [5.74, 6) is 0.912. The normalized spacial score (nSPS) is 16.3. The summed E-state index contributed by atoms with van der Waals surface area (Å²) in [7, 11) is 3.11. The lowest BCUT2D eigenvalue weighted by Gasteiger charge is -2.38. The fourth-order valence-electron chi connectivity index (χ4n) is 6.03. The van der Waals surface area contributed by atoms with Crippen molar-refractivity contribution < 1.29 is 24.2 Å². The Bertz CT molecular complexity index is 1850. The number of carbonyl (C=O) groups is 2. The highest BCUT2D eigenvalue weighted by Gasteiger charge is 2.27. The average Bonchev–Trinajstić information content (AvgIpc) is 3.52. The Labute approximate surface area is 294 Å². The van der Waals surface area contributed by atoms with Crippen molar-refractivity contribution in [2.75, 3.05) is 45.8 Å². The molecule has 1 aromatic carbocycles. The number of aliphatic hydroxyl groups excluding tert-OH is 1. The highest BCUT2D eigenvalue weighted by atomic mass is 35.5. The number of hydrogen-bond donors (Lipinski definition) is 4. The molecule has 2 aliphatic rings. The second kappa shape index (κ2) is 15.5. The number of rotatable bonds is 13. The Kier molecular flexibility index (Phi) is 10.9. The van der Waals surface area contributed by atoms with E-state index < -0.39 is 5.91 Å². The van der Waals surface area contributed by atoms with Gasteiger partial charge in [-0.2, -0.15) is 0 Å². The second-order valence-corrected chi connectivity index (χ2v) is 12.8. The first-order valence-corrected chi connectivity index (χ1v) is 16.7.